The number of rotatable bonds is 60. The lowest BCUT2D eigenvalue weighted by Crippen LogP contribution is -2.28. The van der Waals surface area contributed by atoms with Crippen molar-refractivity contribution in [3.63, 3.8) is 0 Å². The number of hydrogen-bond donors (Lipinski definition) is 1. The van der Waals surface area contributed by atoms with Crippen molar-refractivity contribution in [2.45, 2.75) is 328 Å². The zero-order valence-corrected chi connectivity index (χ0v) is 50.3. The SMILES string of the molecule is CC/C=C\C/C=C\C/C=C\C/C=C\C/C=C\C/C=C\CCCCCCCCCCCCCCCCCCCCCCCCC(=O)OC(CO)COC(=O)CCCCCCCCCCC/C=C\C/C=C\CCCCCCC. The first kappa shape index (κ1) is 72.8. The van der Waals surface area contributed by atoms with Crippen LogP contribution < -0.4 is 0 Å². The van der Waals surface area contributed by atoms with E-state index in [1.54, 1.807) is 0 Å². The van der Waals surface area contributed by atoms with Gasteiger partial charge in [0.05, 0.1) is 6.61 Å². The quantitative estimate of drug-likeness (QED) is 0.0373. The molecule has 0 saturated carbocycles. The van der Waals surface area contributed by atoms with Gasteiger partial charge in [-0.15, -0.1) is 0 Å². The van der Waals surface area contributed by atoms with Crippen molar-refractivity contribution in [3.05, 3.63) is 97.2 Å². The van der Waals surface area contributed by atoms with Gasteiger partial charge >= 0.3 is 11.9 Å². The molecule has 0 aromatic carbocycles. The summed E-state index contributed by atoms with van der Waals surface area (Å²) in [5.41, 5.74) is 0. The summed E-state index contributed by atoms with van der Waals surface area (Å²) in [4.78, 5) is 24.6. The van der Waals surface area contributed by atoms with Gasteiger partial charge in [0.1, 0.15) is 6.61 Å². The molecular weight excluding hydrogens is 933 g/mol. The van der Waals surface area contributed by atoms with Gasteiger partial charge in [-0.1, -0.05) is 310 Å². The number of carbonyl (C=O) groups is 2. The van der Waals surface area contributed by atoms with Gasteiger partial charge in [-0.25, -0.2) is 0 Å². The van der Waals surface area contributed by atoms with E-state index in [0.717, 1.165) is 83.5 Å². The molecule has 438 valence electrons. The van der Waals surface area contributed by atoms with Gasteiger partial charge in [-0.2, -0.15) is 0 Å². The second-order valence-corrected chi connectivity index (χ2v) is 21.8. The van der Waals surface area contributed by atoms with E-state index in [0.29, 0.717) is 12.8 Å². The van der Waals surface area contributed by atoms with Crippen LogP contribution in [0.2, 0.25) is 0 Å². The van der Waals surface area contributed by atoms with Crippen molar-refractivity contribution in [1.29, 1.82) is 0 Å². The predicted octanol–water partition coefficient (Wildman–Crippen LogP) is 22.6. The first-order chi connectivity index (χ1) is 37.6. The minimum Gasteiger partial charge on any atom is -0.462 e. The van der Waals surface area contributed by atoms with Gasteiger partial charge in [-0.3, -0.25) is 9.59 Å². The molecule has 1 unspecified atom stereocenters. The highest BCUT2D eigenvalue weighted by atomic mass is 16.6. The number of aliphatic hydroxyl groups is 1. The maximum atomic E-state index is 12.3. The third-order valence-electron chi connectivity index (χ3n) is 14.4. The zero-order valence-electron chi connectivity index (χ0n) is 50.3. The molecular formula is C71H124O5. The van der Waals surface area contributed by atoms with E-state index in [4.69, 9.17) is 9.47 Å². The molecule has 1 N–H and O–H groups in total. The molecule has 0 amide bonds. The minimum atomic E-state index is -0.776. The number of aliphatic hydroxyl groups excluding tert-OH is 1. The van der Waals surface area contributed by atoms with Gasteiger partial charge in [0.25, 0.3) is 0 Å². The number of allylic oxidation sites excluding steroid dienone is 16. The monoisotopic (exact) mass is 1060 g/mol. The van der Waals surface area contributed by atoms with Crippen LogP contribution in [0.3, 0.4) is 0 Å². The number of hydrogen-bond acceptors (Lipinski definition) is 5. The van der Waals surface area contributed by atoms with Gasteiger partial charge in [0.15, 0.2) is 6.10 Å². The fourth-order valence-corrected chi connectivity index (χ4v) is 9.47. The molecule has 0 aliphatic rings. The Morgan fingerprint density at radius 2 is 0.566 bits per heavy atom. The molecule has 0 rings (SSSR count). The molecule has 5 heteroatoms. The van der Waals surface area contributed by atoms with E-state index < -0.39 is 6.10 Å². The van der Waals surface area contributed by atoms with E-state index in [1.807, 2.05) is 0 Å². The smallest absolute Gasteiger partial charge is 0.306 e. The van der Waals surface area contributed by atoms with Crippen molar-refractivity contribution in [3.8, 4) is 0 Å². The largest absolute Gasteiger partial charge is 0.462 e. The van der Waals surface area contributed by atoms with E-state index in [2.05, 4.69) is 111 Å². The lowest BCUT2D eigenvalue weighted by molar-refractivity contribution is -0.161. The van der Waals surface area contributed by atoms with E-state index in [9.17, 15) is 14.7 Å². The maximum absolute atomic E-state index is 12.3. The lowest BCUT2D eigenvalue weighted by Gasteiger charge is -2.15. The fourth-order valence-electron chi connectivity index (χ4n) is 9.47. The third-order valence-corrected chi connectivity index (χ3v) is 14.4. The van der Waals surface area contributed by atoms with Crippen molar-refractivity contribution in [2.75, 3.05) is 13.2 Å². The van der Waals surface area contributed by atoms with Crippen molar-refractivity contribution >= 4 is 11.9 Å². The highest BCUT2D eigenvalue weighted by molar-refractivity contribution is 5.70. The first-order valence-electron chi connectivity index (χ1n) is 32.8. The van der Waals surface area contributed by atoms with Crippen LogP contribution in [0.5, 0.6) is 0 Å². The summed E-state index contributed by atoms with van der Waals surface area (Å²) in [7, 11) is 0. The van der Waals surface area contributed by atoms with Crippen LogP contribution in [0, 0.1) is 0 Å². The van der Waals surface area contributed by atoms with Gasteiger partial charge in [0.2, 0.25) is 0 Å². The third kappa shape index (κ3) is 63.4. The standard InChI is InChI=1S/C71H124O5/c1-3-5-7-9-11-13-15-17-19-21-23-25-26-27-28-29-30-31-32-33-34-35-36-37-38-39-40-41-42-43-44-46-48-50-52-54-56-58-60-62-64-66-71(74)76-69(67-72)68-75-70(73)65-63-61-59-57-55-53-51-49-47-45-24-22-20-18-16-14-12-10-8-6-4-2/h5,7,11,13,16-19,22-25,27-28,30-31,69,72H,3-4,6,8-10,12,14-15,20-21,26,29,32-68H2,1-2H3/b7-5-,13-11-,18-16-,19-17-,24-22-,25-23-,28-27-,31-30-. The molecule has 0 heterocycles. The number of ether oxygens (including phenoxy) is 2. The molecule has 5 nitrogen and oxygen atoms in total. The Kier molecular flexibility index (Phi) is 63.3. The lowest BCUT2D eigenvalue weighted by atomic mass is 10.0. The van der Waals surface area contributed by atoms with Crippen LogP contribution in [-0.4, -0.2) is 36.4 Å². The Morgan fingerprint density at radius 1 is 0.316 bits per heavy atom. The summed E-state index contributed by atoms with van der Waals surface area (Å²) in [6.45, 7) is 4.04. The number of carbonyl (C=O) groups excluding carboxylic acids is 2. The van der Waals surface area contributed by atoms with Crippen molar-refractivity contribution in [1.82, 2.24) is 0 Å². The van der Waals surface area contributed by atoms with E-state index in [-0.39, 0.29) is 25.2 Å². The Balaban J connectivity index is 3.43. The highest BCUT2D eigenvalue weighted by Crippen LogP contribution is 2.17. The van der Waals surface area contributed by atoms with Crippen LogP contribution in [0.4, 0.5) is 0 Å². The molecule has 0 bridgehead atoms. The average molecular weight is 1060 g/mol. The predicted molar refractivity (Wildman–Crippen MR) is 334 cm³/mol. The van der Waals surface area contributed by atoms with E-state index >= 15 is 0 Å². The van der Waals surface area contributed by atoms with E-state index in [1.165, 1.54) is 212 Å². The summed E-state index contributed by atoms with van der Waals surface area (Å²) < 4.78 is 10.7. The Morgan fingerprint density at radius 3 is 0.855 bits per heavy atom. The van der Waals surface area contributed by atoms with Crippen molar-refractivity contribution in [2.24, 2.45) is 0 Å². The molecule has 0 fully saturated rings. The topological polar surface area (TPSA) is 72.8 Å². The Bertz CT molecular complexity index is 1430. The average Bonchev–Trinajstić information content (AvgIpc) is 3.42. The molecule has 0 saturated heterocycles. The molecule has 0 aliphatic heterocycles. The van der Waals surface area contributed by atoms with Gasteiger partial charge in [-0.05, 0) is 96.3 Å². The minimum absolute atomic E-state index is 0.0672. The molecule has 76 heavy (non-hydrogen) atoms. The summed E-state index contributed by atoms with van der Waals surface area (Å²) >= 11 is 0. The molecule has 0 aromatic rings. The molecule has 0 aliphatic carbocycles. The van der Waals surface area contributed by atoms with Gasteiger partial charge in [0, 0.05) is 12.8 Å². The normalized spacial score (nSPS) is 12.8. The summed E-state index contributed by atoms with van der Waals surface area (Å²) in [6, 6.07) is 0. The maximum Gasteiger partial charge on any atom is 0.306 e. The van der Waals surface area contributed by atoms with Crippen LogP contribution in [0.1, 0.15) is 322 Å². The molecule has 0 spiro atoms. The summed E-state index contributed by atoms with van der Waals surface area (Å²) in [5.74, 6) is -0.584. The molecule has 1 atom stereocenters. The second kappa shape index (κ2) is 66.1. The van der Waals surface area contributed by atoms with Crippen LogP contribution in [-0.2, 0) is 19.1 Å². The Hall–Kier alpha value is -3.18. The zero-order chi connectivity index (χ0) is 54.8. The second-order valence-electron chi connectivity index (χ2n) is 21.8. The van der Waals surface area contributed by atoms with Crippen LogP contribution in [0.25, 0.3) is 0 Å². The molecule has 0 aromatic heterocycles. The number of esters is 2. The highest BCUT2D eigenvalue weighted by Gasteiger charge is 2.16. The fraction of sp³-hybridized carbons (Fsp3) is 0.746. The van der Waals surface area contributed by atoms with Crippen LogP contribution >= 0.6 is 0 Å². The summed E-state index contributed by atoms with van der Waals surface area (Å²) in [5, 5.41) is 9.68. The number of unbranched alkanes of at least 4 members (excludes halogenated alkanes) is 36. The van der Waals surface area contributed by atoms with Crippen molar-refractivity contribution < 1.29 is 24.2 Å². The van der Waals surface area contributed by atoms with Crippen LogP contribution in [0.15, 0.2) is 97.2 Å². The molecule has 0 radical (unpaired) electrons. The first-order valence-corrected chi connectivity index (χ1v) is 32.8. The Labute approximate surface area is 472 Å². The van der Waals surface area contributed by atoms with Gasteiger partial charge < -0.3 is 14.6 Å². The summed E-state index contributed by atoms with van der Waals surface area (Å²) in [6.07, 6.45) is 94.2.